The molecule has 0 radical (unpaired) electrons. The van der Waals surface area contributed by atoms with Gasteiger partial charge in [0.2, 0.25) is 5.95 Å². The zero-order valence-corrected chi connectivity index (χ0v) is 18.6. The second-order valence-electron chi connectivity index (χ2n) is 8.22. The number of H-pyrrole nitrogens is 1. The average Bonchev–Trinajstić information content (AvgIpc) is 3.11. The third-order valence-corrected chi connectivity index (χ3v) is 5.51. The Morgan fingerprint density at radius 3 is 2.33 bits per heavy atom. The summed E-state index contributed by atoms with van der Waals surface area (Å²) >= 11 is 12.5. The molecule has 0 aliphatic carbocycles. The van der Waals surface area contributed by atoms with Crippen LogP contribution in [-0.4, -0.2) is 9.97 Å². The summed E-state index contributed by atoms with van der Waals surface area (Å²) in [5.41, 5.74) is 4.89. The molecule has 2 N–H and O–H groups in total. The normalized spacial score (nSPS) is 11.6. The van der Waals surface area contributed by atoms with Gasteiger partial charge in [0.05, 0.1) is 26.8 Å². The van der Waals surface area contributed by atoms with Gasteiger partial charge in [-0.05, 0) is 40.8 Å². The Labute approximate surface area is 186 Å². The molecule has 0 atom stereocenters. The summed E-state index contributed by atoms with van der Waals surface area (Å²) in [5, 5.41) is 4.22. The number of aromatic nitrogens is 2. The van der Waals surface area contributed by atoms with Gasteiger partial charge in [-0.3, -0.25) is 0 Å². The number of anilines is 2. The number of hydrogen-bond donors (Lipinski definition) is 2. The molecular weight excluding hydrogens is 417 g/mol. The van der Waals surface area contributed by atoms with Crippen molar-refractivity contribution in [2.24, 2.45) is 0 Å². The number of hydrogen-bond acceptors (Lipinski definition) is 3. The Morgan fingerprint density at radius 1 is 0.967 bits per heavy atom. The van der Waals surface area contributed by atoms with Crippen LogP contribution in [0.15, 0.2) is 60.7 Å². The van der Waals surface area contributed by atoms with E-state index in [9.17, 15) is 0 Å². The molecule has 30 heavy (non-hydrogen) atoms. The van der Waals surface area contributed by atoms with E-state index in [-0.39, 0.29) is 5.41 Å². The van der Waals surface area contributed by atoms with E-state index in [1.807, 2.05) is 18.2 Å². The van der Waals surface area contributed by atoms with E-state index in [1.165, 1.54) is 5.56 Å². The molecule has 0 spiro atoms. The van der Waals surface area contributed by atoms with Crippen molar-refractivity contribution < 1.29 is 4.74 Å². The highest BCUT2D eigenvalue weighted by Gasteiger charge is 2.13. The molecule has 6 heteroatoms. The van der Waals surface area contributed by atoms with E-state index in [2.05, 4.69) is 60.3 Å². The molecule has 1 heterocycles. The number of nitrogens with zero attached hydrogens (tertiary/aromatic N) is 1. The van der Waals surface area contributed by atoms with E-state index in [0.29, 0.717) is 28.3 Å². The summed E-state index contributed by atoms with van der Waals surface area (Å²) in [7, 11) is 0. The molecule has 154 valence electrons. The first-order valence-corrected chi connectivity index (χ1v) is 10.5. The van der Waals surface area contributed by atoms with E-state index in [4.69, 9.17) is 27.9 Å². The predicted octanol–water partition coefficient (Wildman–Crippen LogP) is 7.49. The third-order valence-electron chi connectivity index (χ3n) is 4.88. The summed E-state index contributed by atoms with van der Waals surface area (Å²) in [6, 6.07) is 19.7. The van der Waals surface area contributed by atoms with Crippen LogP contribution in [0.4, 0.5) is 11.6 Å². The van der Waals surface area contributed by atoms with Crippen molar-refractivity contribution in [3.63, 3.8) is 0 Å². The minimum absolute atomic E-state index is 0.144. The van der Waals surface area contributed by atoms with Crippen LogP contribution in [0.25, 0.3) is 11.0 Å². The Morgan fingerprint density at radius 2 is 1.67 bits per heavy atom. The van der Waals surface area contributed by atoms with Crippen LogP contribution in [-0.2, 0) is 12.0 Å². The van der Waals surface area contributed by atoms with Crippen LogP contribution in [0.3, 0.4) is 0 Å². The zero-order chi connectivity index (χ0) is 21.3. The number of rotatable bonds is 5. The lowest BCUT2D eigenvalue weighted by Gasteiger charge is -2.19. The maximum atomic E-state index is 6.23. The number of ether oxygens (including phenoxy) is 1. The highest BCUT2D eigenvalue weighted by molar-refractivity contribution is 6.39. The number of imidazole rings is 1. The first-order valence-electron chi connectivity index (χ1n) is 9.72. The van der Waals surface area contributed by atoms with Gasteiger partial charge in [-0.15, -0.1) is 0 Å². The van der Waals surface area contributed by atoms with Crippen LogP contribution in [0.5, 0.6) is 5.75 Å². The third kappa shape index (κ3) is 4.55. The van der Waals surface area contributed by atoms with Crippen molar-refractivity contribution in [3.05, 3.63) is 81.8 Å². The van der Waals surface area contributed by atoms with Crippen molar-refractivity contribution in [2.45, 2.75) is 32.8 Å². The van der Waals surface area contributed by atoms with Crippen molar-refractivity contribution in [2.75, 3.05) is 5.32 Å². The van der Waals surface area contributed by atoms with Gasteiger partial charge in [-0.2, -0.15) is 0 Å². The Balaban J connectivity index is 1.47. The molecule has 0 fully saturated rings. The number of benzene rings is 3. The first-order chi connectivity index (χ1) is 14.3. The molecule has 4 rings (SSSR count). The second-order valence-corrected chi connectivity index (χ2v) is 9.04. The van der Waals surface area contributed by atoms with Gasteiger partial charge in [0.15, 0.2) is 0 Å². The van der Waals surface area contributed by atoms with Crippen LogP contribution in [0, 0.1) is 0 Å². The molecule has 4 aromatic rings. The van der Waals surface area contributed by atoms with Crippen molar-refractivity contribution >= 4 is 45.9 Å². The first kappa shape index (κ1) is 20.6. The van der Waals surface area contributed by atoms with Crippen molar-refractivity contribution in [1.82, 2.24) is 9.97 Å². The Kier molecular flexibility index (Phi) is 5.63. The van der Waals surface area contributed by atoms with E-state index >= 15 is 0 Å². The number of fused-ring (bicyclic) bond motifs is 1. The molecule has 0 unspecified atom stereocenters. The number of halogens is 2. The average molecular weight is 440 g/mol. The van der Waals surface area contributed by atoms with Gasteiger partial charge < -0.3 is 15.0 Å². The van der Waals surface area contributed by atoms with Crippen LogP contribution in [0.2, 0.25) is 10.0 Å². The lowest BCUT2D eigenvalue weighted by atomic mass is 9.87. The SMILES string of the molecule is CC(C)(C)c1ccc(COc2ccc3nc(Nc4c(Cl)cccc4Cl)[nH]c3c2)cc1. The molecule has 0 aliphatic heterocycles. The van der Waals surface area contributed by atoms with Crippen molar-refractivity contribution in [1.29, 1.82) is 0 Å². The van der Waals surface area contributed by atoms with Crippen LogP contribution in [0.1, 0.15) is 31.9 Å². The van der Waals surface area contributed by atoms with Gasteiger partial charge in [0.25, 0.3) is 0 Å². The van der Waals surface area contributed by atoms with Crippen LogP contribution < -0.4 is 10.1 Å². The second kappa shape index (κ2) is 8.21. The summed E-state index contributed by atoms with van der Waals surface area (Å²) < 4.78 is 5.98. The Hall–Kier alpha value is -2.69. The predicted molar refractivity (Wildman–Crippen MR) is 125 cm³/mol. The molecule has 0 bridgehead atoms. The topological polar surface area (TPSA) is 49.9 Å². The molecule has 3 aromatic carbocycles. The fraction of sp³-hybridized carbons (Fsp3) is 0.208. The highest BCUT2D eigenvalue weighted by atomic mass is 35.5. The van der Waals surface area contributed by atoms with Gasteiger partial charge in [-0.1, -0.05) is 74.3 Å². The maximum Gasteiger partial charge on any atom is 0.205 e. The largest absolute Gasteiger partial charge is 0.489 e. The summed E-state index contributed by atoms with van der Waals surface area (Å²) in [6.07, 6.45) is 0. The summed E-state index contributed by atoms with van der Waals surface area (Å²) in [4.78, 5) is 7.78. The highest BCUT2D eigenvalue weighted by Crippen LogP contribution is 2.32. The molecule has 4 nitrogen and oxygen atoms in total. The molecular formula is C24H23Cl2N3O. The minimum Gasteiger partial charge on any atom is -0.489 e. The van der Waals surface area contributed by atoms with Gasteiger partial charge in [0.1, 0.15) is 12.4 Å². The van der Waals surface area contributed by atoms with E-state index in [0.717, 1.165) is 22.3 Å². The summed E-state index contributed by atoms with van der Waals surface area (Å²) in [5.74, 6) is 1.34. The fourth-order valence-electron chi connectivity index (χ4n) is 3.14. The zero-order valence-electron chi connectivity index (χ0n) is 17.1. The van der Waals surface area contributed by atoms with Gasteiger partial charge >= 0.3 is 0 Å². The molecule has 0 saturated carbocycles. The quantitative estimate of drug-likeness (QED) is 0.338. The van der Waals surface area contributed by atoms with E-state index in [1.54, 1.807) is 18.2 Å². The monoisotopic (exact) mass is 439 g/mol. The Bertz CT molecular complexity index is 1160. The number of para-hydroxylation sites is 1. The fourth-order valence-corrected chi connectivity index (χ4v) is 3.63. The maximum absolute atomic E-state index is 6.23. The molecule has 0 amide bonds. The van der Waals surface area contributed by atoms with Gasteiger partial charge in [-0.25, -0.2) is 4.98 Å². The molecule has 0 saturated heterocycles. The molecule has 1 aromatic heterocycles. The van der Waals surface area contributed by atoms with Gasteiger partial charge in [0, 0.05) is 6.07 Å². The van der Waals surface area contributed by atoms with Crippen LogP contribution >= 0.6 is 23.2 Å². The standard InChI is InChI=1S/C24H23Cl2N3O/c1-24(2,3)16-9-7-15(8-10-16)14-30-17-11-12-20-21(13-17)28-23(27-20)29-22-18(25)5-4-6-19(22)26/h4-13H,14H2,1-3H3,(H2,27,28,29). The molecule has 0 aliphatic rings. The van der Waals surface area contributed by atoms with Crippen molar-refractivity contribution in [3.8, 4) is 5.75 Å². The lowest BCUT2D eigenvalue weighted by molar-refractivity contribution is 0.306. The smallest absolute Gasteiger partial charge is 0.205 e. The number of aromatic amines is 1. The van der Waals surface area contributed by atoms with E-state index < -0.39 is 0 Å². The lowest BCUT2D eigenvalue weighted by Crippen LogP contribution is -2.10. The number of nitrogens with one attached hydrogen (secondary N) is 2. The summed E-state index contributed by atoms with van der Waals surface area (Å²) in [6.45, 7) is 7.13. The minimum atomic E-state index is 0.144.